The number of amides is 1. The van der Waals surface area contributed by atoms with Gasteiger partial charge in [0.05, 0.1) is 15.7 Å². The molecule has 0 aliphatic heterocycles. The lowest BCUT2D eigenvalue weighted by Crippen LogP contribution is -2.17. The Labute approximate surface area is 154 Å². The Kier molecular flexibility index (Phi) is 6.51. The van der Waals surface area contributed by atoms with Crippen LogP contribution >= 0.6 is 34.8 Å². The lowest BCUT2D eigenvalue weighted by molar-refractivity contribution is -0.112. The van der Waals surface area contributed by atoms with Crippen LogP contribution in [0.4, 0.5) is 5.69 Å². The first-order chi connectivity index (χ1) is 11.5. The Balaban J connectivity index is 2.03. The first-order valence-corrected chi connectivity index (χ1v) is 7.98. The summed E-state index contributed by atoms with van der Waals surface area (Å²) < 4.78 is 0. The first kappa shape index (κ1) is 18.2. The minimum atomic E-state index is -0.583. The molecule has 24 heavy (non-hydrogen) atoms. The highest BCUT2D eigenvalue weighted by atomic mass is 35.5. The molecule has 2 N–H and O–H groups in total. The first-order valence-electron chi connectivity index (χ1n) is 6.84. The molecule has 0 radical (unpaired) electrons. The van der Waals surface area contributed by atoms with E-state index in [1.54, 1.807) is 30.3 Å². The van der Waals surface area contributed by atoms with Crippen molar-refractivity contribution < 1.29 is 4.79 Å². The molecule has 0 atom stereocenters. The van der Waals surface area contributed by atoms with Crippen molar-refractivity contribution in [1.82, 2.24) is 5.32 Å². The van der Waals surface area contributed by atoms with Gasteiger partial charge in [0, 0.05) is 17.8 Å². The van der Waals surface area contributed by atoms with Gasteiger partial charge in [-0.15, -0.1) is 0 Å². The highest BCUT2D eigenvalue weighted by molar-refractivity contribution is 6.44. The molecule has 0 aliphatic carbocycles. The zero-order valence-electron chi connectivity index (χ0n) is 12.3. The zero-order valence-corrected chi connectivity index (χ0v) is 14.6. The Morgan fingerprint density at radius 3 is 2.62 bits per heavy atom. The van der Waals surface area contributed by atoms with Crippen molar-refractivity contribution >= 4 is 46.4 Å². The molecule has 2 aromatic carbocycles. The molecule has 0 unspecified atom stereocenters. The number of carbonyl (C=O) groups excluding carboxylic acids is 1. The van der Waals surface area contributed by atoms with Crippen LogP contribution < -0.4 is 10.6 Å². The lowest BCUT2D eigenvalue weighted by atomic mass is 10.2. The molecule has 0 aliphatic rings. The number of carbonyl (C=O) groups is 1. The fraction of sp³-hybridized carbons (Fsp3) is 0.0588. The molecular formula is C17H12Cl3N3O. The largest absolute Gasteiger partial charge is 0.386 e. The third kappa shape index (κ3) is 4.90. The average Bonchev–Trinajstić information content (AvgIpc) is 2.56. The van der Waals surface area contributed by atoms with Crippen LogP contribution in [0, 0.1) is 11.3 Å². The number of nitrogens with zero attached hydrogens (tertiary/aromatic N) is 1. The molecule has 2 rings (SSSR count). The van der Waals surface area contributed by atoms with Crippen molar-refractivity contribution in [3.05, 3.63) is 74.9 Å². The number of nitriles is 1. The second-order valence-electron chi connectivity index (χ2n) is 4.74. The van der Waals surface area contributed by atoms with Gasteiger partial charge >= 0.3 is 0 Å². The van der Waals surface area contributed by atoms with E-state index in [0.29, 0.717) is 22.3 Å². The van der Waals surface area contributed by atoms with Gasteiger partial charge in [-0.25, -0.2) is 0 Å². The van der Waals surface area contributed by atoms with E-state index in [-0.39, 0.29) is 10.6 Å². The predicted octanol–water partition coefficient (Wildman–Crippen LogP) is 4.78. The van der Waals surface area contributed by atoms with Crippen LogP contribution in [0.1, 0.15) is 5.56 Å². The van der Waals surface area contributed by atoms with E-state index in [0.717, 1.165) is 5.56 Å². The van der Waals surface area contributed by atoms with Crippen LogP contribution in [0.3, 0.4) is 0 Å². The van der Waals surface area contributed by atoms with Crippen LogP contribution in [0.15, 0.2) is 54.2 Å². The Morgan fingerprint density at radius 1 is 1.17 bits per heavy atom. The topological polar surface area (TPSA) is 64.9 Å². The smallest absolute Gasteiger partial charge is 0.267 e. The highest BCUT2D eigenvalue weighted by Gasteiger charge is 2.12. The van der Waals surface area contributed by atoms with Crippen molar-refractivity contribution in [1.29, 1.82) is 5.26 Å². The number of anilines is 1. The molecule has 2 aromatic rings. The second-order valence-corrected chi connectivity index (χ2v) is 5.96. The fourth-order valence-electron chi connectivity index (χ4n) is 1.86. The maximum Gasteiger partial charge on any atom is 0.267 e. The number of hydrogen-bond acceptors (Lipinski definition) is 3. The van der Waals surface area contributed by atoms with Gasteiger partial charge in [0.2, 0.25) is 0 Å². The van der Waals surface area contributed by atoms with Gasteiger partial charge in [-0.05, 0) is 29.8 Å². The van der Waals surface area contributed by atoms with E-state index < -0.39 is 5.91 Å². The number of hydrogen-bond donors (Lipinski definition) is 2. The van der Waals surface area contributed by atoms with E-state index in [2.05, 4.69) is 10.6 Å². The highest BCUT2D eigenvalue weighted by Crippen LogP contribution is 2.29. The molecule has 122 valence electrons. The molecule has 0 saturated carbocycles. The van der Waals surface area contributed by atoms with Crippen LogP contribution in [0.5, 0.6) is 0 Å². The van der Waals surface area contributed by atoms with Crippen molar-refractivity contribution in [3.8, 4) is 6.07 Å². The van der Waals surface area contributed by atoms with Crippen molar-refractivity contribution in [2.24, 2.45) is 0 Å². The van der Waals surface area contributed by atoms with E-state index in [1.165, 1.54) is 6.20 Å². The SMILES string of the molecule is N#C/C(=C/NCc1cccc(Cl)c1)C(=O)Nc1cccc(Cl)c1Cl. The molecule has 0 heterocycles. The summed E-state index contributed by atoms with van der Waals surface area (Å²) in [5.74, 6) is -0.583. The van der Waals surface area contributed by atoms with Gasteiger partial charge in [0.25, 0.3) is 5.91 Å². The maximum absolute atomic E-state index is 12.1. The summed E-state index contributed by atoms with van der Waals surface area (Å²) in [6.45, 7) is 0.428. The molecule has 0 bridgehead atoms. The third-order valence-electron chi connectivity index (χ3n) is 3.01. The Bertz CT molecular complexity index is 828. The zero-order chi connectivity index (χ0) is 17.5. The molecule has 1 amide bonds. The van der Waals surface area contributed by atoms with Crippen LogP contribution in [-0.4, -0.2) is 5.91 Å². The van der Waals surface area contributed by atoms with E-state index in [1.807, 2.05) is 18.2 Å². The Morgan fingerprint density at radius 2 is 1.92 bits per heavy atom. The summed E-state index contributed by atoms with van der Waals surface area (Å²) in [5.41, 5.74) is 1.17. The van der Waals surface area contributed by atoms with Gasteiger partial charge < -0.3 is 10.6 Å². The molecule has 4 nitrogen and oxygen atoms in total. The molecule has 0 spiro atoms. The lowest BCUT2D eigenvalue weighted by Gasteiger charge is -2.08. The summed E-state index contributed by atoms with van der Waals surface area (Å²) in [6, 6.07) is 14.0. The molecule has 0 aromatic heterocycles. The number of nitrogens with one attached hydrogen (secondary N) is 2. The summed E-state index contributed by atoms with van der Waals surface area (Å²) in [7, 11) is 0. The minimum Gasteiger partial charge on any atom is -0.386 e. The van der Waals surface area contributed by atoms with E-state index >= 15 is 0 Å². The van der Waals surface area contributed by atoms with Crippen LogP contribution in [-0.2, 0) is 11.3 Å². The average molecular weight is 381 g/mol. The van der Waals surface area contributed by atoms with Crippen molar-refractivity contribution in [2.75, 3.05) is 5.32 Å². The fourth-order valence-corrected chi connectivity index (χ4v) is 2.42. The monoisotopic (exact) mass is 379 g/mol. The third-order valence-corrected chi connectivity index (χ3v) is 4.06. The minimum absolute atomic E-state index is 0.0897. The standard InChI is InChI=1S/C17H12Cl3N3O/c18-13-4-1-3-11(7-13)9-22-10-12(8-21)17(24)23-15-6-2-5-14(19)16(15)20/h1-7,10,22H,9H2,(H,23,24)/b12-10-. The molecule has 7 heteroatoms. The molecule has 0 fully saturated rings. The van der Waals surface area contributed by atoms with E-state index in [9.17, 15) is 4.79 Å². The summed E-state index contributed by atoms with van der Waals surface area (Å²) >= 11 is 17.8. The van der Waals surface area contributed by atoms with E-state index in [4.69, 9.17) is 40.1 Å². The van der Waals surface area contributed by atoms with Gasteiger partial charge in [0.15, 0.2) is 0 Å². The normalized spacial score (nSPS) is 10.8. The summed E-state index contributed by atoms with van der Waals surface area (Å²) in [5, 5.41) is 15.8. The molecule has 0 saturated heterocycles. The molecular weight excluding hydrogens is 369 g/mol. The van der Waals surface area contributed by atoms with Crippen molar-refractivity contribution in [3.63, 3.8) is 0 Å². The van der Waals surface area contributed by atoms with Crippen LogP contribution in [0.2, 0.25) is 15.1 Å². The number of rotatable bonds is 5. The van der Waals surface area contributed by atoms with Gasteiger partial charge in [0.1, 0.15) is 11.6 Å². The second kappa shape index (κ2) is 8.60. The van der Waals surface area contributed by atoms with Crippen LogP contribution in [0.25, 0.3) is 0 Å². The predicted molar refractivity (Wildman–Crippen MR) is 97.1 cm³/mol. The summed E-state index contributed by atoms with van der Waals surface area (Å²) in [4.78, 5) is 12.1. The number of halogens is 3. The van der Waals surface area contributed by atoms with Gasteiger partial charge in [-0.1, -0.05) is 53.0 Å². The quantitative estimate of drug-likeness (QED) is 0.579. The van der Waals surface area contributed by atoms with Gasteiger partial charge in [-0.3, -0.25) is 4.79 Å². The van der Waals surface area contributed by atoms with Gasteiger partial charge in [-0.2, -0.15) is 5.26 Å². The summed E-state index contributed by atoms with van der Waals surface area (Å²) in [6.07, 6.45) is 1.34. The Hall–Kier alpha value is -2.19. The maximum atomic E-state index is 12.1. The number of benzene rings is 2. The van der Waals surface area contributed by atoms with Crippen molar-refractivity contribution in [2.45, 2.75) is 6.54 Å².